The average Bonchev–Trinajstić information content (AvgIpc) is 2.25. The number of hydrogen-bond acceptors (Lipinski definition) is 1. The molecule has 0 amide bonds. The summed E-state index contributed by atoms with van der Waals surface area (Å²) in [5, 5.41) is 0. The molecule has 0 rings (SSSR count). The zero-order valence-electron chi connectivity index (χ0n) is 11.3. The topological polar surface area (TPSA) is 60.8 Å². The number of nitrogens with zero attached hydrogens (tertiary/aromatic N) is 1. The highest BCUT2D eigenvalue weighted by atomic mass is 31.2. The molecule has 4 nitrogen and oxygen atoms in total. The summed E-state index contributed by atoms with van der Waals surface area (Å²) in [6.07, 6.45) is 8.46. The van der Waals surface area contributed by atoms with Gasteiger partial charge in [-0.15, -0.1) is 0 Å². The standard InChI is InChI=1S/C12H28NO3P.CH4/c1-3-5-7-9-11-13(17(14,15)16)12-10-8-6-4-2;/h3-12H2,1-2H3,(H2,14,15,16);1H4. The molecule has 0 atom stereocenters. The summed E-state index contributed by atoms with van der Waals surface area (Å²) >= 11 is 0. The number of unbranched alkanes of at least 4 members (excludes halogenated alkanes) is 6. The molecule has 112 valence electrons. The van der Waals surface area contributed by atoms with Gasteiger partial charge in [0, 0.05) is 13.1 Å². The summed E-state index contributed by atoms with van der Waals surface area (Å²) in [4.78, 5) is 18.5. The lowest BCUT2D eigenvalue weighted by molar-refractivity contribution is 0.262. The van der Waals surface area contributed by atoms with Crippen LogP contribution in [0.4, 0.5) is 0 Å². The first-order chi connectivity index (χ1) is 8.02. The maximum absolute atomic E-state index is 11.3. The molecule has 0 aliphatic rings. The van der Waals surface area contributed by atoms with Crippen LogP contribution in [0.3, 0.4) is 0 Å². The van der Waals surface area contributed by atoms with Gasteiger partial charge in [-0.3, -0.25) is 0 Å². The van der Waals surface area contributed by atoms with Crippen molar-refractivity contribution in [2.45, 2.75) is 72.6 Å². The normalized spacial score (nSPS) is 11.6. The van der Waals surface area contributed by atoms with Crippen molar-refractivity contribution in [1.29, 1.82) is 0 Å². The summed E-state index contributed by atoms with van der Waals surface area (Å²) < 4.78 is 12.6. The maximum atomic E-state index is 11.3. The van der Waals surface area contributed by atoms with E-state index in [1.54, 1.807) is 0 Å². The van der Waals surface area contributed by atoms with Crippen LogP contribution in [0.5, 0.6) is 0 Å². The SMILES string of the molecule is C.CCCCCCN(CCCCCC)P(=O)(O)O. The minimum Gasteiger partial charge on any atom is -0.312 e. The van der Waals surface area contributed by atoms with E-state index in [0.29, 0.717) is 13.1 Å². The van der Waals surface area contributed by atoms with E-state index in [4.69, 9.17) is 0 Å². The van der Waals surface area contributed by atoms with Gasteiger partial charge in [0.1, 0.15) is 0 Å². The molecule has 0 fully saturated rings. The van der Waals surface area contributed by atoms with E-state index in [9.17, 15) is 14.4 Å². The molecule has 0 radical (unpaired) electrons. The van der Waals surface area contributed by atoms with Gasteiger partial charge in [-0.1, -0.05) is 59.8 Å². The second kappa shape index (κ2) is 12.2. The van der Waals surface area contributed by atoms with Gasteiger partial charge >= 0.3 is 7.75 Å². The third-order valence-corrected chi connectivity index (χ3v) is 4.04. The average molecular weight is 281 g/mol. The molecule has 0 aromatic rings. The minimum atomic E-state index is -4.04. The molecule has 5 heteroatoms. The second-order valence-electron chi connectivity index (χ2n) is 4.59. The summed E-state index contributed by atoms with van der Waals surface area (Å²) in [6, 6.07) is 0. The quantitative estimate of drug-likeness (QED) is 0.440. The Morgan fingerprint density at radius 1 is 0.833 bits per heavy atom. The van der Waals surface area contributed by atoms with Gasteiger partial charge in [-0.2, -0.15) is 0 Å². The first-order valence-electron chi connectivity index (χ1n) is 6.83. The van der Waals surface area contributed by atoms with Crippen molar-refractivity contribution in [3.8, 4) is 0 Å². The minimum absolute atomic E-state index is 0. The van der Waals surface area contributed by atoms with E-state index in [-0.39, 0.29) is 7.43 Å². The molecule has 0 saturated carbocycles. The van der Waals surface area contributed by atoms with Crippen LogP contribution in [-0.2, 0) is 4.57 Å². The van der Waals surface area contributed by atoms with Gasteiger partial charge in [0.25, 0.3) is 0 Å². The Bertz CT molecular complexity index is 206. The summed E-state index contributed by atoms with van der Waals surface area (Å²) in [6.45, 7) is 5.31. The third kappa shape index (κ3) is 11.2. The van der Waals surface area contributed by atoms with Gasteiger partial charge < -0.3 is 9.79 Å². The molecule has 0 spiro atoms. The van der Waals surface area contributed by atoms with Gasteiger partial charge in [0.05, 0.1) is 0 Å². The van der Waals surface area contributed by atoms with E-state index < -0.39 is 7.75 Å². The monoisotopic (exact) mass is 281 g/mol. The smallest absolute Gasteiger partial charge is 0.312 e. The zero-order valence-corrected chi connectivity index (χ0v) is 12.2. The Balaban J connectivity index is 0. The lowest BCUT2D eigenvalue weighted by Crippen LogP contribution is -2.22. The van der Waals surface area contributed by atoms with Gasteiger partial charge in [-0.25, -0.2) is 9.24 Å². The van der Waals surface area contributed by atoms with Crippen LogP contribution in [-0.4, -0.2) is 27.5 Å². The molecular weight excluding hydrogens is 249 g/mol. The van der Waals surface area contributed by atoms with E-state index in [2.05, 4.69) is 13.8 Å². The van der Waals surface area contributed by atoms with Crippen LogP contribution in [0.1, 0.15) is 72.6 Å². The van der Waals surface area contributed by atoms with Crippen molar-refractivity contribution in [1.82, 2.24) is 4.67 Å². The third-order valence-electron chi connectivity index (χ3n) is 2.91. The predicted octanol–water partition coefficient (Wildman–Crippen LogP) is 4.18. The number of hydrogen-bond donors (Lipinski definition) is 2. The summed E-state index contributed by atoms with van der Waals surface area (Å²) in [7, 11) is -4.04. The molecule has 0 aliphatic heterocycles. The first kappa shape index (κ1) is 20.4. The first-order valence-corrected chi connectivity index (χ1v) is 8.39. The molecule has 0 aliphatic carbocycles. The van der Waals surface area contributed by atoms with Crippen LogP contribution < -0.4 is 0 Å². The highest BCUT2D eigenvalue weighted by Crippen LogP contribution is 2.40. The molecule has 0 bridgehead atoms. The Labute approximate surface area is 113 Å². The van der Waals surface area contributed by atoms with Crippen LogP contribution in [0, 0.1) is 0 Å². The zero-order chi connectivity index (χ0) is 13.1. The highest BCUT2D eigenvalue weighted by Gasteiger charge is 2.23. The molecule has 0 aromatic heterocycles. The van der Waals surface area contributed by atoms with E-state index >= 15 is 0 Å². The fourth-order valence-corrected chi connectivity index (χ4v) is 2.62. The van der Waals surface area contributed by atoms with E-state index in [1.807, 2.05) is 0 Å². The summed E-state index contributed by atoms with van der Waals surface area (Å²) in [5.74, 6) is 0. The molecule has 0 aromatic carbocycles. The largest absolute Gasteiger partial charge is 0.402 e. The Morgan fingerprint density at radius 2 is 1.22 bits per heavy atom. The van der Waals surface area contributed by atoms with Crippen molar-refractivity contribution in [2.24, 2.45) is 0 Å². The van der Waals surface area contributed by atoms with Crippen molar-refractivity contribution < 1.29 is 14.4 Å². The fourth-order valence-electron chi connectivity index (χ4n) is 1.81. The van der Waals surface area contributed by atoms with Crippen molar-refractivity contribution in [3.63, 3.8) is 0 Å². The predicted molar refractivity (Wildman–Crippen MR) is 78.6 cm³/mol. The van der Waals surface area contributed by atoms with Gasteiger partial charge in [-0.05, 0) is 12.8 Å². The van der Waals surface area contributed by atoms with Crippen LogP contribution >= 0.6 is 7.75 Å². The van der Waals surface area contributed by atoms with Crippen molar-refractivity contribution >= 4 is 7.75 Å². The highest BCUT2D eigenvalue weighted by molar-refractivity contribution is 7.49. The van der Waals surface area contributed by atoms with Crippen LogP contribution in [0.2, 0.25) is 0 Å². The van der Waals surface area contributed by atoms with Gasteiger partial charge in [0.15, 0.2) is 0 Å². The van der Waals surface area contributed by atoms with Crippen molar-refractivity contribution in [2.75, 3.05) is 13.1 Å². The van der Waals surface area contributed by atoms with Crippen LogP contribution in [0.25, 0.3) is 0 Å². The fraction of sp³-hybridized carbons (Fsp3) is 1.00. The maximum Gasteiger partial charge on any atom is 0.402 e. The van der Waals surface area contributed by atoms with Crippen molar-refractivity contribution in [3.05, 3.63) is 0 Å². The molecule has 18 heavy (non-hydrogen) atoms. The lowest BCUT2D eigenvalue weighted by Gasteiger charge is -2.22. The Kier molecular flexibility index (Phi) is 13.8. The van der Waals surface area contributed by atoms with Gasteiger partial charge in [0.2, 0.25) is 0 Å². The Morgan fingerprint density at radius 3 is 1.50 bits per heavy atom. The molecule has 0 heterocycles. The molecule has 0 unspecified atom stereocenters. The molecular formula is C13H32NO3P. The van der Waals surface area contributed by atoms with Crippen LogP contribution in [0.15, 0.2) is 0 Å². The molecule has 2 N–H and O–H groups in total. The number of rotatable bonds is 11. The van der Waals surface area contributed by atoms with E-state index in [0.717, 1.165) is 51.4 Å². The lowest BCUT2D eigenvalue weighted by atomic mass is 10.2. The Hall–Kier alpha value is 0.110. The summed E-state index contributed by atoms with van der Waals surface area (Å²) in [5.41, 5.74) is 0. The van der Waals surface area contributed by atoms with E-state index in [1.165, 1.54) is 4.67 Å². The molecule has 0 saturated heterocycles. The second-order valence-corrected chi connectivity index (χ2v) is 6.18.